The van der Waals surface area contributed by atoms with Crippen LogP contribution in [0.15, 0.2) is 59.5 Å². The zero-order valence-electron chi connectivity index (χ0n) is 24.1. The number of rotatable bonds is 5. The molecule has 4 heterocycles. The van der Waals surface area contributed by atoms with Crippen LogP contribution >= 0.6 is 23.2 Å². The first-order chi connectivity index (χ1) is 20.1. The SMILES string of the molecule is CC(C)C(=O)N1CCN(C(=O)[C@@H]2CN(c3ccc(=O)n(C)n3)C[C@H]2c2ccc(Cl)cn2)CCC[C@H]1c1ccc(Cl)cc1. The minimum absolute atomic E-state index is 0.0333. The third kappa shape index (κ3) is 6.47. The van der Waals surface area contributed by atoms with Crippen LogP contribution in [0.2, 0.25) is 10.0 Å². The molecular weight excluding hydrogens is 575 g/mol. The standard InChI is InChI=1S/C31H36Cl2N6O3/c1-20(2)30(41)39-16-15-37(14-4-5-27(39)21-6-8-22(32)9-7-21)31(42)25-19-38(28-12-13-29(40)36(3)35-28)18-24(25)26-11-10-23(33)17-34-26/h6-13,17,20,24-25,27H,4-5,14-16,18-19H2,1-3H3/t24-,25-,27+/m1/s1. The molecule has 2 aliphatic heterocycles. The molecular formula is C31H36Cl2N6O3. The van der Waals surface area contributed by atoms with E-state index in [2.05, 4.69) is 10.1 Å². The molecule has 0 spiro atoms. The van der Waals surface area contributed by atoms with Crippen molar-refractivity contribution in [1.82, 2.24) is 24.6 Å². The number of amides is 2. The van der Waals surface area contributed by atoms with Crippen molar-refractivity contribution in [3.05, 3.63) is 86.4 Å². The number of hydrogen-bond acceptors (Lipinski definition) is 6. The van der Waals surface area contributed by atoms with E-state index < -0.39 is 0 Å². The predicted octanol–water partition coefficient (Wildman–Crippen LogP) is 4.55. The maximum Gasteiger partial charge on any atom is 0.266 e. The number of halogens is 2. The van der Waals surface area contributed by atoms with Crippen LogP contribution < -0.4 is 10.5 Å². The van der Waals surface area contributed by atoms with E-state index in [1.165, 1.54) is 10.7 Å². The second-order valence-corrected chi connectivity index (χ2v) is 12.3. The average Bonchev–Trinajstić information content (AvgIpc) is 3.40. The van der Waals surface area contributed by atoms with Gasteiger partial charge in [-0.25, -0.2) is 4.68 Å². The Morgan fingerprint density at radius 2 is 1.67 bits per heavy atom. The number of aryl methyl sites for hydroxylation is 1. The fourth-order valence-corrected chi connectivity index (χ4v) is 6.25. The third-order valence-corrected chi connectivity index (χ3v) is 8.75. The van der Waals surface area contributed by atoms with Gasteiger partial charge in [-0.2, -0.15) is 5.10 Å². The van der Waals surface area contributed by atoms with Crippen molar-refractivity contribution < 1.29 is 9.59 Å². The van der Waals surface area contributed by atoms with Crippen LogP contribution in [0, 0.1) is 11.8 Å². The Morgan fingerprint density at radius 1 is 0.929 bits per heavy atom. The average molecular weight is 612 g/mol. The summed E-state index contributed by atoms with van der Waals surface area (Å²) in [5.74, 6) is 0.0131. The van der Waals surface area contributed by atoms with Gasteiger partial charge in [-0.3, -0.25) is 19.4 Å². The molecule has 42 heavy (non-hydrogen) atoms. The predicted molar refractivity (Wildman–Crippen MR) is 164 cm³/mol. The van der Waals surface area contributed by atoms with Crippen molar-refractivity contribution in [2.45, 2.75) is 38.6 Å². The highest BCUT2D eigenvalue weighted by atomic mass is 35.5. The van der Waals surface area contributed by atoms with Crippen molar-refractivity contribution in [3.8, 4) is 0 Å². The summed E-state index contributed by atoms with van der Waals surface area (Å²) in [5.41, 5.74) is 1.65. The first-order valence-corrected chi connectivity index (χ1v) is 15.1. The van der Waals surface area contributed by atoms with Crippen LogP contribution in [0.4, 0.5) is 5.82 Å². The molecule has 2 amide bonds. The summed E-state index contributed by atoms with van der Waals surface area (Å²) >= 11 is 12.3. The molecule has 1 aromatic carbocycles. The minimum atomic E-state index is -0.376. The summed E-state index contributed by atoms with van der Waals surface area (Å²) in [6, 6.07) is 14.5. The number of aromatic nitrogens is 3. The van der Waals surface area contributed by atoms with Crippen LogP contribution in [-0.2, 0) is 16.6 Å². The molecule has 0 radical (unpaired) electrons. The molecule has 2 aromatic heterocycles. The summed E-state index contributed by atoms with van der Waals surface area (Å²) < 4.78 is 1.30. The van der Waals surface area contributed by atoms with E-state index in [9.17, 15) is 14.4 Å². The van der Waals surface area contributed by atoms with Crippen molar-refractivity contribution in [2.24, 2.45) is 18.9 Å². The minimum Gasteiger partial charge on any atom is -0.354 e. The molecule has 3 atom stereocenters. The lowest BCUT2D eigenvalue weighted by atomic mass is 9.90. The first-order valence-electron chi connectivity index (χ1n) is 14.4. The Labute approximate surface area is 256 Å². The van der Waals surface area contributed by atoms with Crippen LogP contribution in [0.1, 0.15) is 49.9 Å². The molecule has 11 heteroatoms. The molecule has 0 unspecified atom stereocenters. The quantitative estimate of drug-likeness (QED) is 0.421. The van der Waals surface area contributed by atoms with Crippen LogP contribution in [0.3, 0.4) is 0 Å². The first kappa shape index (κ1) is 30.0. The highest BCUT2D eigenvalue weighted by Gasteiger charge is 2.42. The van der Waals surface area contributed by atoms with Crippen LogP contribution in [-0.4, -0.2) is 69.1 Å². The fourth-order valence-electron chi connectivity index (χ4n) is 6.02. The van der Waals surface area contributed by atoms with Crippen LogP contribution in [0.5, 0.6) is 0 Å². The lowest BCUT2D eigenvalue weighted by Gasteiger charge is -2.39. The lowest BCUT2D eigenvalue weighted by molar-refractivity contribution is -0.142. The van der Waals surface area contributed by atoms with Crippen molar-refractivity contribution in [1.29, 1.82) is 0 Å². The summed E-state index contributed by atoms with van der Waals surface area (Å²) in [5, 5.41) is 5.62. The Bertz CT molecular complexity index is 1480. The van der Waals surface area contributed by atoms with Gasteiger partial charge in [-0.15, -0.1) is 0 Å². The highest BCUT2D eigenvalue weighted by molar-refractivity contribution is 6.30. The van der Waals surface area contributed by atoms with Gasteiger partial charge in [0.1, 0.15) is 5.82 Å². The van der Waals surface area contributed by atoms with Gasteiger partial charge in [0.2, 0.25) is 11.8 Å². The smallest absolute Gasteiger partial charge is 0.266 e. The topological polar surface area (TPSA) is 91.6 Å². The zero-order valence-corrected chi connectivity index (χ0v) is 25.6. The normalized spacial score (nSPS) is 21.4. The van der Waals surface area contributed by atoms with Gasteiger partial charge < -0.3 is 14.7 Å². The molecule has 0 aliphatic carbocycles. The van der Waals surface area contributed by atoms with E-state index in [0.29, 0.717) is 48.6 Å². The number of benzene rings is 1. The molecule has 2 saturated heterocycles. The Balaban J connectivity index is 1.40. The van der Waals surface area contributed by atoms with Gasteiger partial charge in [0, 0.05) is 74.6 Å². The number of carbonyl (C=O) groups is 2. The van der Waals surface area contributed by atoms with Gasteiger partial charge >= 0.3 is 0 Å². The Morgan fingerprint density at radius 3 is 2.33 bits per heavy atom. The molecule has 2 aliphatic rings. The molecule has 0 saturated carbocycles. The molecule has 3 aromatic rings. The number of nitrogens with zero attached hydrogens (tertiary/aromatic N) is 6. The Hall–Kier alpha value is -3.43. The highest BCUT2D eigenvalue weighted by Crippen LogP contribution is 2.36. The van der Waals surface area contributed by atoms with E-state index in [4.69, 9.17) is 23.2 Å². The number of pyridine rings is 1. The van der Waals surface area contributed by atoms with E-state index >= 15 is 0 Å². The van der Waals surface area contributed by atoms with E-state index in [0.717, 1.165) is 24.1 Å². The second-order valence-electron chi connectivity index (χ2n) is 11.4. The van der Waals surface area contributed by atoms with Gasteiger partial charge in [0.15, 0.2) is 0 Å². The summed E-state index contributed by atoms with van der Waals surface area (Å²) in [6.45, 7) is 6.27. The number of carbonyl (C=O) groups excluding carboxylic acids is 2. The van der Waals surface area contributed by atoms with Crippen LogP contribution in [0.25, 0.3) is 0 Å². The van der Waals surface area contributed by atoms with Crippen molar-refractivity contribution in [3.63, 3.8) is 0 Å². The zero-order chi connectivity index (χ0) is 30.0. The summed E-state index contributed by atoms with van der Waals surface area (Å²) in [6.07, 6.45) is 3.10. The number of hydrogen-bond donors (Lipinski definition) is 0. The fraction of sp³-hybridized carbons (Fsp3) is 0.452. The third-order valence-electron chi connectivity index (χ3n) is 8.27. The van der Waals surface area contributed by atoms with E-state index in [-0.39, 0.29) is 41.2 Å². The summed E-state index contributed by atoms with van der Waals surface area (Å²) in [7, 11) is 1.62. The lowest BCUT2D eigenvalue weighted by Crippen LogP contribution is -2.48. The molecule has 2 fully saturated rings. The van der Waals surface area contributed by atoms with Gasteiger partial charge in [-0.1, -0.05) is 49.2 Å². The monoisotopic (exact) mass is 610 g/mol. The molecule has 0 bridgehead atoms. The largest absolute Gasteiger partial charge is 0.354 e. The maximum atomic E-state index is 14.3. The maximum absolute atomic E-state index is 14.3. The molecule has 5 rings (SSSR count). The molecule has 222 valence electrons. The van der Waals surface area contributed by atoms with Crippen molar-refractivity contribution in [2.75, 3.05) is 37.6 Å². The molecule has 9 nitrogen and oxygen atoms in total. The van der Waals surface area contributed by atoms with E-state index in [1.54, 1.807) is 25.4 Å². The van der Waals surface area contributed by atoms with Gasteiger partial charge in [-0.05, 0) is 48.7 Å². The Kier molecular flexibility index (Phi) is 9.18. The second kappa shape index (κ2) is 12.8. The number of anilines is 1. The van der Waals surface area contributed by atoms with Gasteiger partial charge in [0.05, 0.1) is 17.0 Å². The molecule has 0 N–H and O–H groups in total. The van der Waals surface area contributed by atoms with Gasteiger partial charge in [0.25, 0.3) is 5.56 Å². The van der Waals surface area contributed by atoms with Crippen molar-refractivity contribution >= 4 is 40.8 Å². The van der Waals surface area contributed by atoms with E-state index in [1.807, 2.05) is 58.9 Å². The summed E-state index contributed by atoms with van der Waals surface area (Å²) in [4.78, 5) is 50.1.